The van der Waals surface area contributed by atoms with Gasteiger partial charge in [0.05, 0.1) is 0 Å². The Hall–Kier alpha value is -1.20. The number of likely N-dealkylation sites (tertiary alicyclic amines) is 1. The molecule has 1 fully saturated rings. The maximum atomic E-state index is 12.1. The highest BCUT2D eigenvalue weighted by molar-refractivity contribution is 5.30. The van der Waals surface area contributed by atoms with Crippen LogP contribution in [0.15, 0.2) is 24.3 Å². The second-order valence-electron chi connectivity index (χ2n) is 4.34. The molecule has 1 aromatic carbocycles. The average Bonchev–Trinajstić information content (AvgIpc) is 2.23. The normalized spacial score (nSPS) is 19.1. The molecule has 0 saturated carbocycles. The Morgan fingerprint density at radius 1 is 1.41 bits per heavy atom. The minimum Gasteiger partial charge on any atom is -0.435 e. The molecule has 94 valence electrons. The number of hydrogen-bond acceptors (Lipinski definition) is 3. The van der Waals surface area contributed by atoms with E-state index in [1.165, 1.54) is 6.07 Å². The Balaban J connectivity index is 2.04. The smallest absolute Gasteiger partial charge is 0.387 e. The summed E-state index contributed by atoms with van der Waals surface area (Å²) in [5.41, 5.74) is 6.68. The largest absolute Gasteiger partial charge is 0.435 e. The number of alkyl halides is 2. The molecular weight excluding hydrogens is 226 g/mol. The molecule has 1 saturated heterocycles. The van der Waals surface area contributed by atoms with Crippen molar-refractivity contribution >= 4 is 0 Å². The predicted molar refractivity (Wildman–Crippen MR) is 61.0 cm³/mol. The summed E-state index contributed by atoms with van der Waals surface area (Å²) in [4.78, 5) is 2.20. The van der Waals surface area contributed by atoms with Gasteiger partial charge in [-0.15, -0.1) is 0 Å². The molecule has 1 unspecified atom stereocenters. The van der Waals surface area contributed by atoms with E-state index in [1.807, 2.05) is 13.0 Å². The standard InChI is InChI=1S/C12H16F2N2O/c1-8(16-6-10(15)7-16)9-3-2-4-11(5-9)17-12(13)14/h2-5,8,10,12H,6-7,15H2,1H3. The van der Waals surface area contributed by atoms with Crippen molar-refractivity contribution in [1.29, 1.82) is 0 Å². The SMILES string of the molecule is CC(c1cccc(OC(F)F)c1)N1CC(N)C1. The summed E-state index contributed by atoms with van der Waals surface area (Å²) in [5, 5.41) is 0. The highest BCUT2D eigenvalue weighted by Crippen LogP contribution is 2.27. The van der Waals surface area contributed by atoms with E-state index in [-0.39, 0.29) is 17.8 Å². The third kappa shape index (κ3) is 2.92. The van der Waals surface area contributed by atoms with Gasteiger partial charge in [-0.2, -0.15) is 8.78 Å². The molecule has 1 heterocycles. The van der Waals surface area contributed by atoms with Gasteiger partial charge in [0, 0.05) is 25.2 Å². The van der Waals surface area contributed by atoms with E-state index >= 15 is 0 Å². The number of ether oxygens (including phenoxy) is 1. The fraction of sp³-hybridized carbons (Fsp3) is 0.500. The molecule has 3 nitrogen and oxygen atoms in total. The van der Waals surface area contributed by atoms with Crippen molar-refractivity contribution in [2.45, 2.75) is 25.6 Å². The van der Waals surface area contributed by atoms with Gasteiger partial charge in [-0.1, -0.05) is 12.1 Å². The lowest BCUT2D eigenvalue weighted by Gasteiger charge is -2.41. The Morgan fingerprint density at radius 3 is 2.71 bits per heavy atom. The second-order valence-corrected chi connectivity index (χ2v) is 4.34. The molecule has 1 aliphatic heterocycles. The average molecular weight is 242 g/mol. The van der Waals surface area contributed by atoms with E-state index in [0.29, 0.717) is 0 Å². The van der Waals surface area contributed by atoms with Crippen LogP contribution in [-0.2, 0) is 0 Å². The monoisotopic (exact) mass is 242 g/mol. The molecule has 1 aliphatic rings. The molecule has 17 heavy (non-hydrogen) atoms. The minimum atomic E-state index is -2.78. The van der Waals surface area contributed by atoms with Gasteiger partial charge in [-0.05, 0) is 24.6 Å². The third-order valence-electron chi connectivity index (χ3n) is 3.05. The third-order valence-corrected chi connectivity index (χ3v) is 3.05. The van der Waals surface area contributed by atoms with Crippen molar-refractivity contribution in [3.63, 3.8) is 0 Å². The van der Waals surface area contributed by atoms with Crippen LogP contribution in [0.4, 0.5) is 8.78 Å². The van der Waals surface area contributed by atoms with Crippen LogP contribution in [0.5, 0.6) is 5.75 Å². The first-order chi connectivity index (χ1) is 8.06. The van der Waals surface area contributed by atoms with Crippen molar-refractivity contribution in [1.82, 2.24) is 4.90 Å². The topological polar surface area (TPSA) is 38.5 Å². The molecule has 2 rings (SSSR count). The van der Waals surface area contributed by atoms with Crippen LogP contribution in [0.25, 0.3) is 0 Å². The molecule has 0 amide bonds. The van der Waals surface area contributed by atoms with Crippen molar-refractivity contribution in [2.75, 3.05) is 13.1 Å². The summed E-state index contributed by atoms with van der Waals surface area (Å²) in [6.07, 6.45) is 0. The number of hydrogen-bond donors (Lipinski definition) is 1. The van der Waals surface area contributed by atoms with Crippen LogP contribution in [0.3, 0.4) is 0 Å². The molecule has 1 atom stereocenters. The van der Waals surface area contributed by atoms with Gasteiger partial charge in [0.1, 0.15) is 5.75 Å². The predicted octanol–water partition coefficient (Wildman–Crippen LogP) is 1.99. The molecule has 0 radical (unpaired) electrons. The van der Waals surface area contributed by atoms with Gasteiger partial charge in [0.15, 0.2) is 0 Å². The van der Waals surface area contributed by atoms with Gasteiger partial charge in [0.2, 0.25) is 0 Å². The quantitative estimate of drug-likeness (QED) is 0.877. The Morgan fingerprint density at radius 2 is 2.12 bits per heavy atom. The van der Waals surface area contributed by atoms with E-state index in [0.717, 1.165) is 18.7 Å². The fourth-order valence-electron chi connectivity index (χ4n) is 2.03. The highest BCUT2D eigenvalue weighted by Gasteiger charge is 2.28. The van der Waals surface area contributed by atoms with Crippen molar-refractivity contribution in [2.24, 2.45) is 5.73 Å². The first-order valence-corrected chi connectivity index (χ1v) is 5.60. The lowest BCUT2D eigenvalue weighted by Crippen LogP contribution is -2.56. The lowest BCUT2D eigenvalue weighted by molar-refractivity contribution is -0.0499. The summed E-state index contributed by atoms with van der Waals surface area (Å²) in [6, 6.07) is 7.23. The van der Waals surface area contributed by atoms with Crippen LogP contribution in [0.1, 0.15) is 18.5 Å². The summed E-state index contributed by atoms with van der Waals surface area (Å²) >= 11 is 0. The van der Waals surface area contributed by atoms with E-state index < -0.39 is 6.61 Å². The molecule has 0 spiro atoms. The highest BCUT2D eigenvalue weighted by atomic mass is 19.3. The van der Waals surface area contributed by atoms with Gasteiger partial charge in [-0.25, -0.2) is 0 Å². The Labute approximate surface area is 99.2 Å². The maximum Gasteiger partial charge on any atom is 0.387 e. The first kappa shape index (κ1) is 12.3. The van der Waals surface area contributed by atoms with Gasteiger partial charge in [-0.3, -0.25) is 4.90 Å². The van der Waals surface area contributed by atoms with E-state index in [4.69, 9.17) is 5.73 Å². The van der Waals surface area contributed by atoms with Gasteiger partial charge in [0.25, 0.3) is 0 Å². The molecule has 0 bridgehead atoms. The molecule has 2 N–H and O–H groups in total. The Bertz CT molecular complexity index is 381. The zero-order valence-corrected chi connectivity index (χ0v) is 9.64. The van der Waals surface area contributed by atoms with Crippen molar-refractivity contribution in [3.8, 4) is 5.75 Å². The van der Waals surface area contributed by atoms with Crippen LogP contribution in [0, 0.1) is 0 Å². The van der Waals surface area contributed by atoms with Crippen LogP contribution in [0.2, 0.25) is 0 Å². The number of nitrogens with zero attached hydrogens (tertiary/aromatic N) is 1. The second kappa shape index (κ2) is 4.98. The van der Waals surface area contributed by atoms with Crippen LogP contribution < -0.4 is 10.5 Å². The fourth-order valence-corrected chi connectivity index (χ4v) is 2.03. The minimum absolute atomic E-state index is 0.177. The number of benzene rings is 1. The van der Waals surface area contributed by atoms with Crippen LogP contribution in [-0.4, -0.2) is 30.6 Å². The lowest BCUT2D eigenvalue weighted by atomic mass is 10.0. The van der Waals surface area contributed by atoms with E-state index in [2.05, 4.69) is 9.64 Å². The first-order valence-electron chi connectivity index (χ1n) is 5.60. The molecule has 1 aromatic rings. The zero-order chi connectivity index (χ0) is 12.4. The molecular formula is C12H16F2N2O. The molecule has 5 heteroatoms. The summed E-state index contributed by atoms with van der Waals surface area (Å²) < 4.78 is 28.6. The van der Waals surface area contributed by atoms with E-state index in [9.17, 15) is 8.78 Å². The van der Waals surface area contributed by atoms with Crippen molar-refractivity contribution < 1.29 is 13.5 Å². The van der Waals surface area contributed by atoms with Gasteiger partial charge >= 0.3 is 6.61 Å². The number of nitrogens with two attached hydrogens (primary N) is 1. The van der Waals surface area contributed by atoms with Crippen molar-refractivity contribution in [3.05, 3.63) is 29.8 Å². The zero-order valence-electron chi connectivity index (χ0n) is 9.64. The Kier molecular flexibility index (Phi) is 3.59. The van der Waals surface area contributed by atoms with E-state index in [1.54, 1.807) is 12.1 Å². The molecule has 0 aliphatic carbocycles. The maximum absolute atomic E-state index is 12.1. The summed E-state index contributed by atoms with van der Waals surface area (Å²) in [6.45, 7) is 0.952. The van der Waals surface area contributed by atoms with Gasteiger partial charge < -0.3 is 10.5 Å². The number of halogens is 2. The van der Waals surface area contributed by atoms with Crippen LogP contribution >= 0.6 is 0 Å². The molecule has 0 aromatic heterocycles. The number of rotatable bonds is 4. The summed E-state index contributed by atoms with van der Waals surface area (Å²) in [7, 11) is 0. The summed E-state index contributed by atoms with van der Waals surface area (Å²) in [5.74, 6) is 0.203.